The fraction of sp³-hybridized carbons (Fsp3) is 0.440. The van der Waals surface area contributed by atoms with Crippen LogP contribution in [0.15, 0.2) is 48.5 Å². The number of esters is 1. The van der Waals surface area contributed by atoms with E-state index >= 15 is 0 Å². The van der Waals surface area contributed by atoms with Crippen molar-refractivity contribution in [1.82, 2.24) is 0 Å². The third-order valence-electron chi connectivity index (χ3n) is 5.76. The van der Waals surface area contributed by atoms with Gasteiger partial charge in [0.1, 0.15) is 11.5 Å². The number of nitrogens with zero attached hydrogens (tertiary/aromatic N) is 1. The Morgan fingerprint density at radius 1 is 1.07 bits per heavy atom. The summed E-state index contributed by atoms with van der Waals surface area (Å²) in [5, 5.41) is 9.71. The number of hydrogen-bond donors (Lipinski definition) is 0. The van der Waals surface area contributed by atoms with Gasteiger partial charge in [-0.25, -0.2) is 4.79 Å². The molecule has 4 heteroatoms. The molecule has 4 nitrogen and oxygen atoms in total. The second-order valence-electron chi connectivity index (χ2n) is 7.85. The number of ether oxygens (including phenoxy) is 2. The van der Waals surface area contributed by atoms with Crippen LogP contribution in [0.25, 0.3) is 11.1 Å². The summed E-state index contributed by atoms with van der Waals surface area (Å²) in [6.45, 7) is 4.91. The molecule has 1 fully saturated rings. The van der Waals surface area contributed by atoms with E-state index < -0.39 is 11.4 Å². The molecule has 3 rings (SSSR count). The summed E-state index contributed by atoms with van der Waals surface area (Å²) in [6.07, 6.45) is 5.15. The molecule has 0 radical (unpaired) electrons. The molecule has 0 aliphatic heterocycles. The summed E-state index contributed by atoms with van der Waals surface area (Å²) >= 11 is 0. The quantitative estimate of drug-likeness (QED) is 0.419. The summed E-state index contributed by atoms with van der Waals surface area (Å²) in [5.41, 5.74) is 1.09. The molecule has 2 unspecified atom stereocenters. The van der Waals surface area contributed by atoms with E-state index in [4.69, 9.17) is 9.47 Å². The first-order valence-corrected chi connectivity index (χ1v) is 10.6. The lowest BCUT2D eigenvalue weighted by Gasteiger charge is -2.33. The van der Waals surface area contributed by atoms with Crippen molar-refractivity contribution in [2.75, 3.05) is 6.61 Å². The van der Waals surface area contributed by atoms with Crippen LogP contribution in [0.3, 0.4) is 0 Å². The lowest BCUT2D eigenvalue weighted by atomic mass is 9.70. The summed E-state index contributed by atoms with van der Waals surface area (Å²) < 4.78 is 11.2. The topological polar surface area (TPSA) is 59.3 Å². The Kier molecular flexibility index (Phi) is 6.93. The van der Waals surface area contributed by atoms with Gasteiger partial charge in [-0.3, -0.25) is 0 Å². The van der Waals surface area contributed by atoms with Gasteiger partial charge in [-0.15, -0.1) is 0 Å². The van der Waals surface area contributed by atoms with Crippen LogP contribution in [-0.2, 0) is 4.79 Å². The molecule has 0 bridgehead atoms. The smallest absolute Gasteiger partial charge is 0.331 e. The van der Waals surface area contributed by atoms with Crippen molar-refractivity contribution in [3.8, 4) is 28.7 Å². The van der Waals surface area contributed by atoms with Crippen LogP contribution in [0.1, 0.15) is 52.4 Å². The van der Waals surface area contributed by atoms with Crippen molar-refractivity contribution in [3.05, 3.63) is 48.5 Å². The van der Waals surface area contributed by atoms with Crippen molar-refractivity contribution in [3.63, 3.8) is 0 Å². The first kappa shape index (κ1) is 20.9. The summed E-state index contributed by atoms with van der Waals surface area (Å²) in [6, 6.07) is 17.7. The molecule has 2 atom stereocenters. The Morgan fingerprint density at radius 3 is 2.24 bits per heavy atom. The van der Waals surface area contributed by atoms with Crippen LogP contribution in [0.5, 0.6) is 11.5 Å². The molecule has 0 saturated heterocycles. The van der Waals surface area contributed by atoms with Gasteiger partial charge in [0.05, 0.1) is 12.7 Å². The number of carbonyl (C=O) groups is 1. The standard InChI is InChI=1S/C25H29NO3/c1-3-16-28-22-11-7-20(8-12-22)21-9-13-23(14-10-21)29-24(27)25(18-26)15-5-6-19(4-2)17-25/h7-14,19H,3-6,15-17H2,1-2H3. The van der Waals surface area contributed by atoms with Gasteiger partial charge in [0.2, 0.25) is 0 Å². The second-order valence-corrected chi connectivity index (χ2v) is 7.85. The monoisotopic (exact) mass is 391 g/mol. The minimum atomic E-state index is -1.01. The first-order chi connectivity index (χ1) is 14.1. The fourth-order valence-corrected chi connectivity index (χ4v) is 3.95. The minimum absolute atomic E-state index is 0.414. The van der Waals surface area contributed by atoms with Crippen LogP contribution in [0.2, 0.25) is 0 Å². The maximum Gasteiger partial charge on any atom is 0.331 e. The van der Waals surface area contributed by atoms with E-state index in [0.717, 1.165) is 42.6 Å². The average Bonchev–Trinajstić information content (AvgIpc) is 2.78. The molecule has 0 spiro atoms. The van der Waals surface area contributed by atoms with Crippen LogP contribution in [0, 0.1) is 22.7 Å². The molecule has 1 aliphatic rings. The first-order valence-electron chi connectivity index (χ1n) is 10.6. The van der Waals surface area contributed by atoms with Gasteiger partial charge in [0.15, 0.2) is 5.41 Å². The number of nitriles is 1. The van der Waals surface area contributed by atoms with Crippen LogP contribution in [0.4, 0.5) is 0 Å². The van der Waals surface area contributed by atoms with Gasteiger partial charge in [-0.1, -0.05) is 57.4 Å². The van der Waals surface area contributed by atoms with Gasteiger partial charge in [0.25, 0.3) is 0 Å². The number of rotatable bonds is 7. The normalized spacial score (nSPS) is 21.2. The van der Waals surface area contributed by atoms with E-state index in [0.29, 0.717) is 31.1 Å². The van der Waals surface area contributed by atoms with Crippen LogP contribution in [-0.4, -0.2) is 12.6 Å². The van der Waals surface area contributed by atoms with Gasteiger partial charge in [-0.2, -0.15) is 5.26 Å². The van der Waals surface area contributed by atoms with Crippen molar-refractivity contribution >= 4 is 5.97 Å². The average molecular weight is 392 g/mol. The summed E-state index contributed by atoms with van der Waals surface area (Å²) in [7, 11) is 0. The lowest BCUT2D eigenvalue weighted by molar-refractivity contribution is -0.145. The summed E-state index contributed by atoms with van der Waals surface area (Å²) in [4.78, 5) is 12.8. The van der Waals surface area contributed by atoms with Gasteiger partial charge >= 0.3 is 5.97 Å². The molecule has 1 aliphatic carbocycles. The largest absolute Gasteiger partial charge is 0.494 e. The predicted octanol–water partition coefficient (Wildman–Crippen LogP) is 6.16. The van der Waals surface area contributed by atoms with E-state index in [1.807, 2.05) is 36.4 Å². The number of hydrogen-bond acceptors (Lipinski definition) is 4. The molecule has 0 heterocycles. The lowest BCUT2D eigenvalue weighted by Crippen LogP contribution is -2.38. The molecule has 2 aromatic carbocycles. The minimum Gasteiger partial charge on any atom is -0.494 e. The van der Waals surface area contributed by atoms with Crippen LogP contribution >= 0.6 is 0 Å². The highest BCUT2D eigenvalue weighted by Gasteiger charge is 2.44. The highest BCUT2D eigenvalue weighted by atomic mass is 16.5. The van der Waals surface area contributed by atoms with Gasteiger partial charge in [0, 0.05) is 0 Å². The molecule has 1 saturated carbocycles. The second kappa shape index (κ2) is 9.60. The van der Waals surface area contributed by atoms with E-state index in [1.165, 1.54) is 0 Å². The third kappa shape index (κ3) is 4.98. The van der Waals surface area contributed by atoms with E-state index in [2.05, 4.69) is 19.9 Å². The molecule has 2 aromatic rings. The Bertz CT molecular complexity index is 851. The molecule has 0 aromatic heterocycles. The highest BCUT2D eigenvalue weighted by Crippen LogP contribution is 2.41. The van der Waals surface area contributed by atoms with Crippen molar-refractivity contribution in [2.24, 2.45) is 11.3 Å². The summed E-state index contributed by atoms with van der Waals surface area (Å²) in [5.74, 6) is 1.35. The van der Waals surface area contributed by atoms with Crippen molar-refractivity contribution in [1.29, 1.82) is 5.26 Å². The molecule has 0 N–H and O–H groups in total. The van der Waals surface area contributed by atoms with Crippen molar-refractivity contribution < 1.29 is 14.3 Å². The third-order valence-corrected chi connectivity index (χ3v) is 5.76. The predicted molar refractivity (Wildman–Crippen MR) is 114 cm³/mol. The number of carbonyl (C=O) groups excluding carboxylic acids is 1. The zero-order valence-electron chi connectivity index (χ0n) is 17.3. The molecular formula is C25H29NO3. The van der Waals surface area contributed by atoms with Gasteiger partial charge < -0.3 is 9.47 Å². The van der Waals surface area contributed by atoms with E-state index in [1.54, 1.807) is 12.1 Å². The Labute approximate surface area is 173 Å². The van der Waals surface area contributed by atoms with Crippen molar-refractivity contribution in [2.45, 2.75) is 52.4 Å². The Hall–Kier alpha value is -2.80. The van der Waals surface area contributed by atoms with E-state index in [-0.39, 0.29) is 0 Å². The SMILES string of the molecule is CCCOc1ccc(-c2ccc(OC(=O)C3(C#N)CCCC(CC)C3)cc2)cc1. The maximum atomic E-state index is 12.8. The zero-order valence-corrected chi connectivity index (χ0v) is 17.3. The Balaban J connectivity index is 1.67. The number of benzene rings is 2. The molecule has 0 amide bonds. The highest BCUT2D eigenvalue weighted by molar-refractivity contribution is 5.82. The van der Waals surface area contributed by atoms with E-state index in [9.17, 15) is 10.1 Å². The Morgan fingerprint density at radius 2 is 1.69 bits per heavy atom. The molecular weight excluding hydrogens is 362 g/mol. The fourth-order valence-electron chi connectivity index (χ4n) is 3.95. The van der Waals surface area contributed by atoms with Gasteiger partial charge in [-0.05, 0) is 60.6 Å². The molecule has 29 heavy (non-hydrogen) atoms. The van der Waals surface area contributed by atoms with Crippen LogP contribution < -0.4 is 9.47 Å². The molecule has 152 valence electrons. The zero-order chi connectivity index (χ0) is 20.7. The maximum absolute atomic E-state index is 12.8.